The maximum Gasteiger partial charge on any atom is -0.0411 e. The van der Waals surface area contributed by atoms with Crippen LogP contribution in [0.3, 0.4) is 0 Å². The van der Waals surface area contributed by atoms with Gasteiger partial charge in [0, 0.05) is 0 Å². The summed E-state index contributed by atoms with van der Waals surface area (Å²) in [6.07, 6.45) is 25.0. The summed E-state index contributed by atoms with van der Waals surface area (Å²) >= 11 is 0. The fourth-order valence-corrected chi connectivity index (χ4v) is 1.81. The summed E-state index contributed by atoms with van der Waals surface area (Å²) in [5, 5.41) is 0. The van der Waals surface area contributed by atoms with Crippen molar-refractivity contribution in [1.29, 1.82) is 0 Å². The molecule has 50 heavy (non-hydrogen) atoms. The van der Waals surface area contributed by atoms with Gasteiger partial charge in [0.2, 0.25) is 0 Å². The van der Waals surface area contributed by atoms with Gasteiger partial charge >= 0.3 is 0 Å². The average molecular weight is 722 g/mol. The lowest BCUT2D eigenvalue weighted by Gasteiger charge is -2.18. The predicted octanol–water partition coefficient (Wildman–Crippen LogP) is 21.1. The third-order valence-electron chi connectivity index (χ3n) is 6.31. The molecule has 0 saturated heterocycles. The topological polar surface area (TPSA) is 0 Å². The third kappa shape index (κ3) is 265. The normalized spacial score (nSPS) is 11.8. The van der Waals surface area contributed by atoms with Gasteiger partial charge in [-0.05, 0) is 35.0 Å². The average Bonchev–Trinajstić information content (AvgIpc) is 3.80. The van der Waals surface area contributed by atoms with E-state index in [1.807, 2.05) is 13.8 Å². The quantitative estimate of drug-likeness (QED) is 0.208. The fourth-order valence-electron chi connectivity index (χ4n) is 1.81. The summed E-state index contributed by atoms with van der Waals surface area (Å²) in [5.74, 6) is 4.75. The molecule has 0 N–H and O–H groups in total. The molecule has 0 amide bonds. The molecule has 0 radical (unpaired) electrons. The van der Waals surface area contributed by atoms with E-state index in [0.717, 1.165) is 29.6 Å². The first-order valence-corrected chi connectivity index (χ1v) is 22.7. The van der Waals surface area contributed by atoms with Crippen molar-refractivity contribution in [3.05, 3.63) is 0 Å². The van der Waals surface area contributed by atoms with Crippen LogP contribution in [0.4, 0.5) is 0 Å². The molecule has 2 aliphatic carbocycles. The molecule has 0 bridgehead atoms. The highest BCUT2D eigenvalue weighted by atomic mass is 14.2. The van der Waals surface area contributed by atoms with E-state index in [2.05, 4.69) is 159 Å². The zero-order valence-corrected chi connectivity index (χ0v) is 41.1. The van der Waals surface area contributed by atoms with Crippen LogP contribution in [-0.2, 0) is 0 Å². The second-order valence-electron chi connectivity index (χ2n) is 17.2. The van der Waals surface area contributed by atoms with E-state index in [0.29, 0.717) is 5.41 Å². The van der Waals surface area contributed by atoms with Gasteiger partial charge < -0.3 is 0 Å². The first kappa shape index (κ1) is 75.0. The van der Waals surface area contributed by atoms with Crippen molar-refractivity contribution in [3.63, 3.8) is 0 Å². The lowest BCUT2D eigenvalue weighted by Crippen LogP contribution is -2.04. The van der Waals surface area contributed by atoms with Crippen LogP contribution >= 0.6 is 0 Å². The molecule has 0 aromatic heterocycles. The Morgan fingerprint density at radius 2 is 0.620 bits per heavy atom. The minimum absolute atomic E-state index is 0. The molecular formula is C50H120. The Hall–Kier alpha value is 0. The van der Waals surface area contributed by atoms with Gasteiger partial charge in [-0.1, -0.05) is 296 Å². The molecule has 0 heterocycles. The molecule has 0 unspecified atom stereocenters. The van der Waals surface area contributed by atoms with Crippen LogP contribution in [0, 0.1) is 35.0 Å². The molecule has 0 spiro atoms. The Labute approximate surface area is 330 Å². The first-order valence-electron chi connectivity index (χ1n) is 22.7. The third-order valence-corrected chi connectivity index (χ3v) is 6.31. The first-order chi connectivity index (χ1) is 22.7. The molecule has 0 heteroatoms. The molecule has 0 aliphatic heterocycles. The van der Waals surface area contributed by atoms with E-state index >= 15 is 0 Å². The largest absolute Gasteiger partial charge is 0.0776 e. The maximum absolute atomic E-state index is 2.31. The molecule has 0 nitrogen and oxygen atoms in total. The van der Waals surface area contributed by atoms with Gasteiger partial charge in [-0.3, -0.25) is 0 Å². The van der Waals surface area contributed by atoms with Crippen molar-refractivity contribution < 1.29 is 0 Å². The summed E-state index contributed by atoms with van der Waals surface area (Å²) in [4.78, 5) is 0. The lowest BCUT2D eigenvalue weighted by atomic mass is 9.88. The van der Waals surface area contributed by atoms with Crippen LogP contribution in [0.1, 0.15) is 296 Å². The summed E-state index contributed by atoms with van der Waals surface area (Å²) in [6.45, 7) is 54.6. The van der Waals surface area contributed by atoms with Crippen LogP contribution in [0.15, 0.2) is 0 Å². The molecular weight excluding hydrogens is 601 g/mol. The highest BCUT2D eigenvalue weighted by molar-refractivity contribution is 4.65. The monoisotopic (exact) mass is 721 g/mol. The fraction of sp³-hybridized carbons (Fsp3) is 1.00. The van der Waals surface area contributed by atoms with E-state index in [1.165, 1.54) is 116 Å². The Bertz CT molecular complexity index is 358. The van der Waals surface area contributed by atoms with Crippen LogP contribution in [0.5, 0.6) is 0 Å². The molecule has 0 aromatic rings. The summed E-state index contributed by atoms with van der Waals surface area (Å²) in [5.41, 5.74) is 0.500. The lowest BCUT2D eigenvalue weighted by molar-refractivity contribution is 0.346. The maximum atomic E-state index is 2.31. The molecule has 0 atom stereocenters. The van der Waals surface area contributed by atoms with Gasteiger partial charge in [-0.25, -0.2) is 0 Å². The SMILES string of the molecule is C.CC.CC(C)(C)C.CC(C)C.CC1CC1.CC1CCC1.CCC.CCC(C)C.CCC(C)C.CCCC.CCCCC.CCCCCCC. The number of hydrogen-bond acceptors (Lipinski definition) is 0. The van der Waals surface area contributed by atoms with Crippen LogP contribution in [-0.4, -0.2) is 0 Å². The number of rotatable bonds is 9. The Morgan fingerprint density at radius 1 is 0.440 bits per heavy atom. The summed E-state index contributed by atoms with van der Waals surface area (Å²) in [7, 11) is 0. The predicted molar refractivity (Wildman–Crippen MR) is 252 cm³/mol. The van der Waals surface area contributed by atoms with E-state index in [9.17, 15) is 0 Å². The summed E-state index contributed by atoms with van der Waals surface area (Å²) < 4.78 is 0. The molecule has 2 rings (SSSR count). The minimum Gasteiger partial charge on any atom is -0.0776 e. The van der Waals surface area contributed by atoms with Gasteiger partial charge in [0.05, 0.1) is 0 Å². The minimum atomic E-state index is 0. The number of unbranched alkanes of at least 4 members (excludes halogenated alkanes) is 7. The zero-order valence-electron chi connectivity index (χ0n) is 41.1. The van der Waals surface area contributed by atoms with Gasteiger partial charge in [-0.2, -0.15) is 0 Å². The van der Waals surface area contributed by atoms with Crippen LogP contribution < -0.4 is 0 Å². The van der Waals surface area contributed by atoms with Gasteiger partial charge in [-0.15, -0.1) is 0 Å². The molecule has 2 fully saturated rings. The van der Waals surface area contributed by atoms with E-state index in [-0.39, 0.29) is 7.43 Å². The Morgan fingerprint density at radius 3 is 0.660 bits per heavy atom. The van der Waals surface area contributed by atoms with Gasteiger partial charge in [0.1, 0.15) is 0 Å². The van der Waals surface area contributed by atoms with Crippen molar-refractivity contribution >= 4 is 0 Å². The second-order valence-corrected chi connectivity index (χ2v) is 17.2. The molecule has 320 valence electrons. The van der Waals surface area contributed by atoms with Crippen LogP contribution in [0.2, 0.25) is 0 Å². The van der Waals surface area contributed by atoms with Crippen molar-refractivity contribution in [1.82, 2.24) is 0 Å². The Kier molecular flexibility index (Phi) is 111. The molecule has 2 aliphatic rings. The van der Waals surface area contributed by atoms with Gasteiger partial charge in [0.25, 0.3) is 0 Å². The standard InChI is InChI=1S/C7H16.C5H10.4C5H12.C4H8.2C4H10.C3H8.C2H6.CH4/c1-3-5-7-6-4-2;1-5-3-2-4-5;1-5(2,3)4;2*1-4-5(2)3;1-3-5-4-2;1-4-2-3-4;1-4(2)3;1-3-4-2;1-3-2;1-2;/h3-7H2,1-2H3;5H,2-4H2,1H3;1-4H3;2*5H,4H2,1-3H3;3-5H2,1-2H3;4H,2-3H2,1H3;4H,1-3H3;3-4H2,1-2H3;3H2,1-2H3;1-2H3;1H4. The Balaban J connectivity index is -0.0000000443. The van der Waals surface area contributed by atoms with Crippen molar-refractivity contribution in [2.45, 2.75) is 296 Å². The van der Waals surface area contributed by atoms with E-state index in [4.69, 9.17) is 0 Å². The van der Waals surface area contributed by atoms with E-state index in [1.54, 1.807) is 0 Å². The molecule has 2 saturated carbocycles. The molecule has 0 aromatic carbocycles. The van der Waals surface area contributed by atoms with Crippen LogP contribution in [0.25, 0.3) is 0 Å². The summed E-state index contributed by atoms with van der Waals surface area (Å²) in [6, 6.07) is 0. The smallest absolute Gasteiger partial charge is 0.0411 e. The highest BCUT2D eigenvalue weighted by Gasteiger charge is 2.12. The zero-order chi connectivity index (χ0) is 41.1. The van der Waals surface area contributed by atoms with E-state index < -0.39 is 0 Å². The van der Waals surface area contributed by atoms with Crippen molar-refractivity contribution in [2.24, 2.45) is 35.0 Å². The number of hydrogen-bond donors (Lipinski definition) is 0. The second kappa shape index (κ2) is 74.2. The van der Waals surface area contributed by atoms with Crippen molar-refractivity contribution in [3.8, 4) is 0 Å². The van der Waals surface area contributed by atoms with Crippen molar-refractivity contribution in [2.75, 3.05) is 0 Å². The van der Waals surface area contributed by atoms with Gasteiger partial charge in [0.15, 0.2) is 0 Å². The highest BCUT2D eigenvalue weighted by Crippen LogP contribution is 2.26.